The van der Waals surface area contributed by atoms with Gasteiger partial charge in [0.25, 0.3) is 0 Å². The topological polar surface area (TPSA) is 29.3 Å². The van der Waals surface area contributed by atoms with Crippen LogP contribution in [0.5, 0.6) is 0 Å². The quantitative estimate of drug-likeness (QED) is 0.865. The fourth-order valence-corrected chi connectivity index (χ4v) is 1.92. The van der Waals surface area contributed by atoms with Crippen LogP contribution in [0.3, 0.4) is 0 Å². The van der Waals surface area contributed by atoms with Gasteiger partial charge in [-0.1, -0.05) is 28.1 Å². The second-order valence-corrected chi connectivity index (χ2v) is 4.85. The van der Waals surface area contributed by atoms with E-state index in [2.05, 4.69) is 15.9 Å². The SMILES string of the molecule is CN(CC(F)(F)F)c1ccc(Br)cc1C(N)=S. The van der Waals surface area contributed by atoms with Crippen molar-refractivity contribution in [2.45, 2.75) is 6.18 Å². The third kappa shape index (κ3) is 4.16. The van der Waals surface area contributed by atoms with Crippen molar-refractivity contribution in [1.29, 1.82) is 0 Å². The molecule has 2 nitrogen and oxygen atoms in total. The third-order valence-electron chi connectivity index (χ3n) is 2.05. The van der Waals surface area contributed by atoms with Crippen LogP contribution < -0.4 is 10.6 Å². The van der Waals surface area contributed by atoms with Gasteiger partial charge in [-0.2, -0.15) is 13.2 Å². The normalized spacial score (nSPS) is 11.4. The van der Waals surface area contributed by atoms with E-state index >= 15 is 0 Å². The average Bonchev–Trinajstić information content (AvgIpc) is 2.14. The molecular weight excluding hydrogens is 317 g/mol. The molecule has 7 heteroatoms. The third-order valence-corrected chi connectivity index (χ3v) is 2.76. The molecule has 2 N–H and O–H groups in total. The molecule has 0 amide bonds. The van der Waals surface area contributed by atoms with Gasteiger partial charge in [-0.15, -0.1) is 0 Å². The Bertz CT molecular complexity index is 434. The standard InChI is InChI=1S/C10H10BrF3N2S/c1-16(5-10(12,13)14)8-3-2-6(11)4-7(8)9(15)17/h2-4H,5H2,1H3,(H2,15,17). The molecule has 0 aliphatic carbocycles. The summed E-state index contributed by atoms with van der Waals surface area (Å²) in [6.07, 6.45) is -4.27. The average molecular weight is 327 g/mol. The zero-order valence-electron chi connectivity index (χ0n) is 8.88. The largest absolute Gasteiger partial charge is 0.405 e. The lowest BCUT2D eigenvalue weighted by molar-refractivity contribution is -0.119. The summed E-state index contributed by atoms with van der Waals surface area (Å²) in [6, 6.07) is 4.79. The second kappa shape index (κ2) is 5.22. The van der Waals surface area contributed by atoms with Crippen molar-refractivity contribution in [2.75, 3.05) is 18.5 Å². The van der Waals surface area contributed by atoms with Gasteiger partial charge >= 0.3 is 6.18 Å². The molecule has 0 aliphatic heterocycles. The summed E-state index contributed by atoms with van der Waals surface area (Å²) in [5.41, 5.74) is 6.26. The lowest BCUT2D eigenvalue weighted by atomic mass is 10.1. The van der Waals surface area contributed by atoms with Crippen LogP contribution in [0.15, 0.2) is 22.7 Å². The Morgan fingerprint density at radius 3 is 2.53 bits per heavy atom. The lowest BCUT2D eigenvalue weighted by Crippen LogP contribution is -2.32. The van der Waals surface area contributed by atoms with Crippen molar-refractivity contribution >= 4 is 38.8 Å². The molecule has 0 aliphatic rings. The molecule has 0 unspecified atom stereocenters. The Kier molecular flexibility index (Phi) is 4.37. The fourth-order valence-electron chi connectivity index (χ4n) is 1.39. The molecular formula is C10H10BrF3N2S. The Labute approximate surface area is 111 Å². The summed E-state index contributed by atoms with van der Waals surface area (Å²) < 4.78 is 37.6. The van der Waals surface area contributed by atoms with Gasteiger partial charge in [0.05, 0.1) is 0 Å². The summed E-state index contributed by atoms with van der Waals surface area (Å²) in [5.74, 6) is 0. The number of anilines is 1. The number of nitrogens with two attached hydrogens (primary N) is 1. The predicted octanol–water partition coefficient (Wildman–Crippen LogP) is 3.08. The number of halogens is 4. The van der Waals surface area contributed by atoms with Crippen molar-refractivity contribution in [1.82, 2.24) is 0 Å². The molecule has 1 aromatic carbocycles. The zero-order valence-corrected chi connectivity index (χ0v) is 11.3. The van der Waals surface area contributed by atoms with Gasteiger partial charge in [-0.05, 0) is 18.2 Å². The molecule has 0 atom stereocenters. The van der Waals surface area contributed by atoms with Crippen molar-refractivity contribution in [3.8, 4) is 0 Å². The fraction of sp³-hybridized carbons (Fsp3) is 0.300. The Hall–Kier alpha value is -0.820. The Balaban J connectivity index is 3.09. The van der Waals surface area contributed by atoms with E-state index in [-0.39, 0.29) is 4.99 Å². The van der Waals surface area contributed by atoms with Gasteiger partial charge in [0.15, 0.2) is 0 Å². The summed E-state index contributed by atoms with van der Waals surface area (Å²) in [7, 11) is 1.35. The van der Waals surface area contributed by atoms with Gasteiger partial charge in [-0.25, -0.2) is 0 Å². The van der Waals surface area contributed by atoms with E-state index in [4.69, 9.17) is 18.0 Å². The minimum Gasteiger partial charge on any atom is -0.389 e. The first-order valence-electron chi connectivity index (χ1n) is 4.58. The van der Waals surface area contributed by atoms with Gasteiger partial charge in [-0.3, -0.25) is 0 Å². The number of alkyl halides is 3. The maximum Gasteiger partial charge on any atom is 0.405 e. The van der Waals surface area contributed by atoms with E-state index < -0.39 is 12.7 Å². The smallest absolute Gasteiger partial charge is 0.389 e. The highest BCUT2D eigenvalue weighted by atomic mass is 79.9. The van der Waals surface area contributed by atoms with Crippen LogP contribution in [-0.4, -0.2) is 24.8 Å². The number of thiocarbonyl (C=S) groups is 1. The van der Waals surface area contributed by atoms with Gasteiger partial charge in [0.2, 0.25) is 0 Å². The lowest BCUT2D eigenvalue weighted by Gasteiger charge is -2.23. The summed E-state index contributed by atoms with van der Waals surface area (Å²) in [4.78, 5) is 1.14. The number of rotatable bonds is 3. The highest BCUT2D eigenvalue weighted by Crippen LogP contribution is 2.26. The Morgan fingerprint density at radius 1 is 1.47 bits per heavy atom. The minimum absolute atomic E-state index is 0.0651. The van der Waals surface area contributed by atoms with Gasteiger partial charge in [0.1, 0.15) is 11.5 Å². The van der Waals surface area contributed by atoms with Crippen LogP contribution >= 0.6 is 28.1 Å². The number of benzene rings is 1. The minimum atomic E-state index is -4.27. The van der Waals surface area contributed by atoms with Gasteiger partial charge in [0, 0.05) is 22.8 Å². The molecule has 0 fully saturated rings. The van der Waals surface area contributed by atoms with E-state index in [9.17, 15) is 13.2 Å². The first-order valence-corrected chi connectivity index (χ1v) is 5.78. The summed E-state index contributed by atoms with van der Waals surface area (Å²) in [5, 5.41) is 0. The molecule has 0 bridgehead atoms. The first kappa shape index (κ1) is 14.2. The van der Waals surface area contributed by atoms with Gasteiger partial charge < -0.3 is 10.6 Å². The second-order valence-electron chi connectivity index (χ2n) is 3.50. The van der Waals surface area contributed by atoms with Crippen molar-refractivity contribution < 1.29 is 13.2 Å². The number of hydrogen-bond acceptors (Lipinski definition) is 2. The molecule has 94 valence electrons. The van der Waals surface area contributed by atoms with E-state index in [1.807, 2.05) is 0 Å². The van der Waals surface area contributed by atoms with E-state index in [1.54, 1.807) is 18.2 Å². The monoisotopic (exact) mass is 326 g/mol. The summed E-state index contributed by atoms with van der Waals surface area (Å²) in [6.45, 7) is -1.05. The predicted molar refractivity (Wildman–Crippen MR) is 69.4 cm³/mol. The van der Waals surface area contributed by atoms with Crippen molar-refractivity contribution in [3.63, 3.8) is 0 Å². The van der Waals surface area contributed by atoms with Crippen LogP contribution in [0, 0.1) is 0 Å². The maximum atomic E-state index is 12.3. The first-order chi connectivity index (χ1) is 7.70. The number of hydrogen-bond donors (Lipinski definition) is 1. The van der Waals surface area contributed by atoms with Crippen LogP contribution in [0.1, 0.15) is 5.56 Å². The van der Waals surface area contributed by atoms with Crippen molar-refractivity contribution in [2.24, 2.45) is 5.73 Å². The molecule has 17 heavy (non-hydrogen) atoms. The molecule has 1 rings (SSSR count). The molecule has 0 aromatic heterocycles. The molecule has 0 radical (unpaired) electrons. The zero-order chi connectivity index (χ0) is 13.2. The molecule has 1 aromatic rings. The summed E-state index contributed by atoms with van der Waals surface area (Å²) >= 11 is 8.04. The molecule has 0 saturated heterocycles. The van der Waals surface area contributed by atoms with Crippen molar-refractivity contribution in [3.05, 3.63) is 28.2 Å². The highest BCUT2D eigenvalue weighted by molar-refractivity contribution is 9.10. The van der Waals surface area contributed by atoms with E-state index in [1.165, 1.54) is 7.05 Å². The van der Waals surface area contributed by atoms with Crippen LogP contribution in [0.4, 0.5) is 18.9 Å². The maximum absolute atomic E-state index is 12.3. The van der Waals surface area contributed by atoms with Crippen LogP contribution in [-0.2, 0) is 0 Å². The molecule has 0 spiro atoms. The number of nitrogens with zero attached hydrogens (tertiary/aromatic N) is 1. The van der Waals surface area contributed by atoms with Crippen LogP contribution in [0.25, 0.3) is 0 Å². The molecule has 0 saturated carbocycles. The van der Waals surface area contributed by atoms with Crippen LogP contribution in [0.2, 0.25) is 0 Å². The van der Waals surface area contributed by atoms with E-state index in [0.717, 1.165) is 4.90 Å². The van der Waals surface area contributed by atoms with E-state index in [0.29, 0.717) is 15.7 Å². The highest BCUT2D eigenvalue weighted by Gasteiger charge is 2.30. The Morgan fingerprint density at radius 2 is 2.06 bits per heavy atom. The molecule has 0 heterocycles.